The van der Waals surface area contributed by atoms with E-state index in [4.69, 9.17) is 11.8 Å². The van der Waals surface area contributed by atoms with Gasteiger partial charge in [0.25, 0.3) is 0 Å². The topological polar surface area (TPSA) is 40.5 Å². The van der Waals surface area contributed by atoms with Crippen LogP contribution in [0.3, 0.4) is 0 Å². The first kappa shape index (κ1) is 12.3. The van der Waals surface area contributed by atoms with Crippen LogP contribution in [0, 0.1) is 0 Å². The molecule has 0 bridgehead atoms. The molecular weight excluding hydrogens is 239 g/mol. The molecule has 1 aliphatic rings. The maximum atomic E-state index is 10.5. The highest BCUT2D eigenvalue weighted by molar-refractivity contribution is 8.16. The van der Waals surface area contributed by atoms with Gasteiger partial charge < -0.3 is 10.00 Å². The molecule has 1 saturated carbocycles. The zero-order valence-electron chi connectivity index (χ0n) is 9.17. The lowest BCUT2D eigenvalue weighted by Crippen LogP contribution is -2.34. The average Bonchev–Trinajstić information content (AvgIpc) is 2.31. The van der Waals surface area contributed by atoms with E-state index in [1.807, 2.05) is 30.3 Å². The van der Waals surface area contributed by atoms with E-state index in [0.29, 0.717) is 12.8 Å². The molecule has 1 aliphatic carbocycles. The molecule has 0 saturated heterocycles. The Morgan fingerprint density at radius 3 is 2.19 bits per heavy atom. The molecule has 0 spiro atoms. The molecule has 0 amide bonds. The zero-order chi connectivity index (χ0) is 11.6. The number of rotatable bonds is 2. The smallest absolute Gasteiger partial charge is 0.122 e. The van der Waals surface area contributed by atoms with Crippen molar-refractivity contribution in [3.8, 4) is 0 Å². The molecule has 0 aromatic heterocycles. The molecule has 2 rings (SSSR count). The molecule has 0 heterocycles. The highest BCUT2D eigenvalue weighted by atomic mass is 32.4. The van der Waals surface area contributed by atoms with Crippen LogP contribution in [-0.4, -0.2) is 15.3 Å². The molecule has 0 radical (unpaired) electrons. The Balaban J connectivity index is 2.34. The van der Waals surface area contributed by atoms with Crippen LogP contribution in [0.1, 0.15) is 32.1 Å². The number of benzene rings is 1. The Hall–Kier alpha value is -0.210. The summed E-state index contributed by atoms with van der Waals surface area (Å²) in [5.41, 5.74) is 0. The highest BCUT2D eigenvalue weighted by Gasteiger charge is 2.43. The van der Waals surface area contributed by atoms with Gasteiger partial charge in [0.15, 0.2) is 0 Å². The first-order chi connectivity index (χ1) is 7.56. The van der Waals surface area contributed by atoms with Gasteiger partial charge in [-0.25, -0.2) is 0 Å². The molecule has 16 heavy (non-hydrogen) atoms. The molecule has 1 aromatic carbocycles. The standard InChI is InChI=1S/C12H17O2PS/c13-12(9-5-2-6-10-12)15(14,16)11-7-3-1-4-8-11/h1,3-4,7-8,13H,2,5-6,9-10H2,(H,14,16). The van der Waals surface area contributed by atoms with Gasteiger partial charge in [-0.05, 0) is 12.8 Å². The van der Waals surface area contributed by atoms with E-state index < -0.39 is 11.6 Å². The van der Waals surface area contributed by atoms with E-state index in [2.05, 4.69) is 0 Å². The first-order valence-corrected chi connectivity index (χ1v) is 8.43. The third-order valence-corrected chi connectivity index (χ3v) is 7.55. The number of aliphatic hydroxyl groups is 1. The van der Waals surface area contributed by atoms with E-state index in [-0.39, 0.29) is 0 Å². The first-order valence-electron chi connectivity index (χ1n) is 5.67. The summed E-state index contributed by atoms with van der Waals surface area (Å²) in [7, 11) is 0. The van der Waals surface area contributed by atoms with E-state index in [1.54, 1.807) is 0 Å². The molecule has 88 valence electrons. The Morgan fingerprint density at radius 2 is 1.62 bits per heavy atom. The fourth-order valence-electron chi connectivity index (χ4n) is 2.29. The van der Waals surface area contributed by atoms with Gasteiger partial charge in [0, 0.05) is 5.30 Å². The molecule has 0 aliphatic heterocycles. The lowest BCUT2D eigenvalue weighted by atomic mass is 9.97. The van der Waals surface area contributed by atoms with Crippen molar-refractivity contribution < 1.29 is 10.00 Å². The molecule has 1 unspecified atom stereocenters. The summed E-state index contributed by atoms with van der Waals surface area (Å²) in [6.45, 7) is 0. The van der Waals surface area contributed by atoms with Crippen molar-refractivity contribution in [2.45, 2.75) is 37.4 Å². The highest BCUT2D eigenvalue weighted by Crippen LogP contribution is 2.58. The van der Waals surface area contributed by atoms with Crippen LogP contribution in [0.15, 0.2) is 30.3 Å². The summed E-state index contributed by atoms with van der Waals surface area (Å²) < 4.78 is 0. The SMILES string of the molecule is OC1(P(O)(=S)c2ccccc2)CCCCC1. The van der Waals surface area contributed by atoms with Crippen LogP contribution in [0.4, 0.5) is 0 Å². The third-order valence-electron chi connectivity index (χ3n) is 3.32. The van der Waals surface area contributed by atoms with E-state index >= 15 is 0 Å². The van der Waals surface area contributed by atoms with Crippen molar-refractivity contribution >= 4 is 23.4 Å². The quantitative estimate of drug-likeness (QED) is 0.798. The Morgan fingerprint density at radius 1 is 1.06 bits per heavy atom. The summed E-state index contributed by atoms with van der Waals surface area (Å²) in [6, 6.07) is 9.27. The summed E-state index contributed by atoms with van der Waals surface area (Å²) in [4.78, 5) is 10.5. The van der Waals surface area contributed by atoms with E-state index in [9.17, 15) is 10.00 Å². The predicted molar refractivity (Wildman–Crippen MR) is 70.6 cm³/mol. The van der Waals surface area contributed by atoms with Crippen LogP contribution >= 0.6 is 6.26 Å². The molecule has 4 heteroatoms. The second-order valence-electron chi connectivity index (χ2n) is 4.45. The molecular formula is C12H17O2PS. The van der Waals surface area contributed by atoms with Gasteiger partial charge in [0.05, 0.1) is 0 Å². The van der Waals surface area contributed by atoms with Crippen molar-refractivity contribution in [2.24, 2.45) is 0 Å². The maximum Gasteiger partial charge on any atom is 0.122 e. The maximum absolute atomic E-state index is 10.5. The molecule has 1 atom stereocenters. The van der Waals surface area contributed by atoms with Crippen LogP contribution < -0.4 is 5.30 Å². The molecule has 1 fully saturated rings. The summed E-state index contributed by atoms with van der Waals surface area (Å²) in [5.74, 6) is 0. The van der Waals surface area contributed by atoms with Gasteiger partial charge >= 0.3 is 0 Å². The van der Waals surface area contributed by atoms with Crippen molar-refractivity contribution in [1.82, 2.24) is 0 Å². The van der Waals surface area contributed by atoms with Crippen LogP contribution in [-0.2, 0) is 11.8 Å². The summed E-state index contributed by atoms with van der Waals surface area (Å²) >= 11 is 5.36. The second-order valence-corrected chi connectivity index (χ2v) is 8.54. The Kier molecular flexibility index (Phi) is 3.50. The summed E-state index contributed by atoms with van der Waals surface area (Å²) in [6.07, 6.45) is 1.48. The Labute approximate surface area is 101 Å². The minimum atomic E-state index is -2.84. The second kappa shape index (κ2) is 4.58. The lowest BCUT2D eigenvalue weighted by molar-refractivity contribution is 0.0807. The zero-order valence-corrected chi connectivity index (χ0v) is 10.9. The van der Waals surface area contributed by atoms with E-state index in [1.165, 1.54) is 0 Å². The number of hydrogen-bond donors (Lipinski definition) is 2. The fraction of sp³-hybridized carbons (Fsp3) is 0.500. The third kappa shape index (κ3) is 2.10. The predicted octanol–water partition coefficient (Wildman–Crippen LogP) is 2.35. The van der Waals surface area contributed by atoms with Crippen molar-refractivity contribution in [1.29, 1.82) is 0 Å². The fourth-order valence-corrected chi connectivity index (χ4v) is 5.18. The average molecular weight is 256 g/mol. The van der Waals surface area contributed by atoms with E-state index in [0.717, 1.165) is 24.6 Å². The van der Waals surface area contributed by atoms with Crippen molar-refractivity contribution in [3.63, 3.8) is 0 Å². The largest absolute Gasteiger partial charge is 0.382 e. The minimum absolute atomic E-state index is 0.635. The Bertz CT molecular complexity index is 399. The molecule has 2 N–H and O–H groups in total. The van der Waals surface area contributed by atoms with Crippen molar-refractivity contribution in [3.05, 3.63) is 30.3 Å². The van der Waals surface area contributed by atoms with Crippen LogP contribution in [0.5, 0.6) is 0 Å². The van der Waals surface area contributed by atoms with Crippen molar-refractivity contribution in [2.75, 3.05) is 0 Å². The van der Waals surface area contributed by atoms with Gasteiger partial charge in [0.1, 0.15) is 11.6 Å². The van der Waals surface area contributed by atoms with Crippen LogP contribution in [0.2, 0.25) is 0 Å². The van der Waals surface area contributed by atoms with Gasteiger partial charge in [-0.2, -0.15) is 0 Å². The molecule has 2 nitrogen and oxygen atoms in total. The van der Waals surface area contributed by atoms with Gasteiger partial charge in [-0.3, -0.25) is 0 Å². The normalized spacial score (nSPS) is 23.6. The minimum Gasteiger partial charge on any atom is -0.382 e. The van der Waals surface area contributed by atoms with Gasteiger partial charge in [0.2, 0.25) is 0 Å². The lowest BCUT2D eigenvalue weighted by Gasteiger charge is -2.38. The monoisotopic (exact) mass is 256 g/mol. The number of hydrogen-bond acceptors (Lipinski definition) is 2. The van der Waals surface area contributed by atoms with Gasteiger partial charge in [-0.15, -0.1) is 0 Å². The molecule has 1 aromatic rings. The van der Waals surface area contributed by atoms with Gasteiger partial charge in [-0.1, -0.05) is 61.4 Å². The summed E-state index contributed by atoms with van der Waals surface area (Å²) in [5, 5.41) is 10.2. The van der Waals surface area contributed by atoms with Crippen LogP contribution in [0.25, 0.3) is 0 Å².